The van der Waals surface area contributed by atoms with E-state index < -0.39 is 0 Å². The maximum absolute atomic E-state index is 12.3. The monoisotopic (exact) mass is 305 g/mol. The largest absolute Gasteiger partial charge is 0.481 e. The Bertz CT molecular complexity index is 503. The van der Waals surface area contributed by atoms with E-state index in [4.69, 9.17) is 4.74 Å². The van der Waals surface area contributed by atoms with Crippen LogP contribution in [0.1, 0.15) is 33.6 Å². The second kappa shape index (κ2) is 6.99. The minimum Gasteiger partial charge on any atom is -0.481 e. The van der Waals surface area contributed by atoms with E-state index in [2.05, 4.69) is 30.7 Å². The van der Waals surface area contributed by atoms with Gasteiger partial charge in [-0.2, -0.15) is 4.98 Å². The second-order valence-electron chi connectivity index (χ2n) is 6.97. The van der Waals surface area contributed by atoms with Crippen LogP contribution in [0.25, 0.3) is 0 Å². The second-order valence-corrected chi connectivity index (χ2v) is 6.97. The molecule has 0 radical (unpaired) electrons. The topological polar surface area (TPSA) is 45.7 Å². The number of ether oxygens (including phenoxy) is 1. The number of anilines is 1. The van der Waals surface area contributed by atoms with Crippen LogP contribution in [0.4, 0.5) is 5.82 Å². The molecule has 0 N–H and O–H groups in total. The molecule has 2 rings (SSSR count). The average Bonchev–Trinajstić information content (AvgIpc) is 2.52. The molecule has 2 heterocycles. The van der Waals surface area contributed by atoms with Crippen molar-refractivity contribution < 1.29 is 9.53 Å². The first-order valence-electron chi connectivity index (χ1n) is 7.93. The Morgan fingerprint density at radius 3 is 2.50 bits per heavy atom. The fourth-order valence-corrected chi connectivity index (χ4v) is 2.52. The lowest BCUT2D eigenvalue weighted by Gasteiger charge is -2.36. The normalized spacial score (nSPS) is 15.8. The molecular formula is C17H27N3O2. The zero-order valence-corrected chi connectivity index (χ0v) is 14.1. The summed E-state index contributed by atoms with van der Waals surface area (Å²) in [6.45, 7) is 9.69. The lowest BCUT2D eigenvalue weighted by molar-refractivity contribution is -0.132. The Kier molecular flexibility index (Phi) is 5.27. The Morgan fingerprint density at radius 1 is 1.23 bits per heavy atom. The molecule has 1 aliphatic heterocycles. The summed E-state index contributed by atoms with van der Waals surface area (Å²) in [6.07, 6.45) is 1.57. The van der Waals surface area contributed by atoms with E-state index in [9.17, 15) is 4.79 Å². The summed E-state index contributed by atoms with van der Waals surface area (Å²) < 4.78 is 5.17. The first kappa shape index (κ1) is 16.6. The molecule has 22 heavy (non-hydrogen) atoms. The summed E-state index contributed by atoms with van der Waals surface area (Å²) in [4.78, 5) is 20.9. The lowest BCUT2D eigenvalue weighted by atomic mass is 9.90. The van der Waals surface area contributed by atoms with Gasteiger partial charge < -0.3 is 14.5 Å². The Labute approximate surface area is 133 Å². The SMILES string of the molecule is COc1cccc(N2CCN(C(=O)CCC(C)(C)C)CC2)n1. The number of hydrogen-bond acceptors (Lipinski definition) is 4. The third kappa shape index (κ3) is 4.61. The first-order chi connectivity index (χ1) is 10.4. The van der Waals surface area contributed by atoms with Crippen molar-refractivity contribution in [2.24, 2.45) is 5.41 Å². The van der Waals surface area contributed by atoms with Gasteiger partial charge in [0, 0.05) is 38.7 Å². The van der Waals surface area contributed by atoms with E-state index in [0.29, 0.717) is 12.3 Å². The molecule has 1 aromatic heterocycles. The molecular weight excluding hydrogens is 278 g/mol. The molecule has 0 spiro atoms. The highest BCUT2D eigenvalue weighted by molar-refractivity contribution is 5.76. The van der Waals surface area contributed by atoms with Crippen molar-refractivity contribution in [3.8, 4) is 5.88 Å². The zero-order chi connectivity index (χ0) is 16.2. The molecule has 0 bridgehead atoms. The summed E-state index contributed by atoms with van der Waals surface area (Å²) in [5.41, 5.74) is 0.210. The number of methoxy groups -OCH3 is 1. The van der Waals surface area contributed by atoms with Crippen LogP contribution in [0.15, 0.2) is 18.2 Å². The summed E-state index contributed by atoms with van der Waals surface area (Å²) in [5, 5.41) is 0. The smallest absolute Gasteiger partial charge is 0.222 e. The molecule has 122 valence electrons. The number of pyridine rings is 1. The van der Waals surface area contributed by atoms with Crippen LogP contribution in [-0.4, -0.2) is 49.1 Å². The van der Waals surface area contributed by atoms with E-state index in [-0.39, 0.29) is 11.3 Å². The summed E-state index contributed by atoms with van der Waals surface area (Å²) >= 11 is 0. The van der Waals surface area contributed by atoms with E-state index in [1.807, 2.05) is 23.1 Å². The van der Waals surface area contributed by atoms with Gasteiger partial charge in [-0.25, -0.2) is 0 Å². The highest BCUT2D eigenvalue weighted by Gasteiger charge is 2.23. The van der Waals surface area contributed by atoms with Crippen molar-refractivity contribution >= 4 is 11.7 Å². The first-order valence-corrected chi connectivity index (χ1v) is 7.93. The van der Waals surface area contributed by atoms with Gasteiger partial charge in [0.05, 0.1) is 7.11 Å². The standard InChI is InChI=1S/C17H27N3O2/c1-17(2,3)9-8-16(21)20-12-10-19(11-13-20)14-6-5-7-15(18-14)22-4/h5-7H,8-13H2,1-4H3. The predicted molar refractivity (Wildman–Crippen MR) is 88.3 cm³/mol. The van der Waals surface area contributed by atoms with Crippen LogP contribution in [-0.2, 0) is 4.79 Å². The third-order valence-corrected chi connectivity index (χ3v) is 3.96. The number of carbonyl (C=O) groups is 1. The maximum Gasteiger partial charge on any atom is 0.222 e. The van der Waals surface area contributed by atoms with Crippen LogP contribution in [0.5, 0.6) is 5.88 Å². The molecule has 0 aliphatic carbocycles. The highest BCUT2D eigenvalue weighted by Crippen LogP contribution is 2.22. The van der Waals surface area contributed by atoms with Gasteiger partial charge in [-0.1, -0.05) is 26.8 Å². The quantitative estimate of drug-likeness (QED) is 0.857. The van der Waals surface area contributed by atoms with Crippen LogP contribution >= 0.6 is 0 Å². The van der Waals surface area contributed by atoms with E-state index in [0.717, 1.165) is 38.4 Å². The molecule has 1 saturated heterocycles. The highest BCUT2D eigenvalue weighted by atomic mass is 16.5. The minimum atomic E-state index is 0.210. The molecule has 1 aliphatic rings. The number of amides is 1. The molecule has 5 nitrogen and oxygen atoms in total. The van der Waals surface area contributed by atoms with Crippen molar-refractivity contribution in [2.45, 2.75) is 33.6 Å². The molecule has 1 fully saturated rings. The van der Waals surface area contributed by atoms with Gasteiger partial charge in [0.2, 0.25) is 11.8 Å². The van der Waals surface area contributed by atoms with Crippen molar-refractivity contribution in [2.75, 3.05) is 38.2 Å². The van der Waals surface area contributed by atoms with Gasteiger partial charge in [0.15, 0.2) is 0 Å². The molecule has 0 atom stereocenters. The van der Waals surface area contributed by atoms with Crippen molar-refractivity contribution in [1.29, 1.82) is 0 Å². The Balaban J connectivity index is 1.86. The van der Waals surface area contributed by atoms with Gasteiger partial charge >= 0.3 is 0 Å². The Morgan fingerprint density at radius 2 is 1.91 bits per heavy atom. The summed E-state index contributed by atoms with van der Waals surface area (Å²) in [7, 11) is 1.62. The maximum atomic E-state index is 12.3. The number of piperazine rings is 1. The molecule has 0 saturated carbocycles. The van der Waals surface area contributed by atoms with Gasteiger partial charge in [-0.3, -0.25) is 4.79 Å². The van der Waals surface area contributed by atoms with Crippen LogP contribution in [0.2, 0.25) is 0 Å². The summed E-state index contributed by atoms with van der Waals surface area (Å²) in [5.74, 6) is 1.82. The van der Waals surface area contributed by atoms with Crippen molar-refractivity contribution in [3.05, 3.63) is 18.2 Å². The van der Waals surface area contributed by atoms with E-state index >= 15 is 0 Å². The fourth-order valence-electron chi connectivity index (χ4n) is 2.52. The molecule has 0 unspecified atom stereocenters. The fraction of sp³-hybridized carbons (Fsp3) is 0.647. The predicted octanol–water partition coefficient (Wildman–Crippen LogP) is 2.57. The number of carbonyl (C=O) groups excluding carboxylic acids is 1. The van der Waals surface area contributed by atoms with Crippen LogP contribution < -0.4 is 9.64 Å². The average molecular weight is 305 g/mol. The number of rotatable bonds is 4. The molecule has 1 aromatic rings. The summed E-state index contributed by atoms with van der Waals surface area (Å²) in [6, 6.07) is 5.78. The number of nitrogens with zero attached hydrogens (tertiary/aromatic N) is 3. The minimum absolute atomic E-state index is 0.210. The number of hydrogen-bond donors (Lipinski definition) is 0. The van der Waals surface area contributed by atoms with Gasteiger partial charge in [0.25, 0.3) is 0 Å². The molecule has 0 aromatic carbocycles. The van der Waals surface area contributed by atoms with Crippen LogP contribution in [0.3, 0.4) is 0 Å². The van der Waals surface area contributed by atoms with E-state index in [1.165, 1.54) is 0 Å². The zero-order valence-electron chi connectivity index (χ0n) is 14.1. The lowest BCUT2D eigenvalue weighted by Crippen LogP contribution is -2.49. The molecule has 5 heteroatoms. The van der Waals surface area contributed by atoms with Crippen molar-refractivity contribution in [1.82, 2.24) is 9.88 Å². The number of aromatic nitrogens is 1. The van der Waals surface area contributed by atoms with Gasteiger partial charge in [-0.05, 0) is 17.9 Å². The van der Waals surface area contributed by atoms with Gasteiger partial charge in [0.1, 0.15) is 5.82 Å². The van der Waals surface area contributed by atoms with Gasteiger partial charge in [-0.15, -0.1) is 0 Å². The molecule has 1 amide bonds. The Hall–Kier alpha value is -1.78. The van der Waals surface area contributed by atoms with E-state index in [1.54, 1.807) is 7.11 Å². The third-order valence-electron chi connectivity index (χ3n) is 3.96. The van der Waals surface area contributed by atoms with Crippen molar-refractivity contribution in [3.63, 3.8) is 0 Å². The van der Waals surface area contributed by atoms with Crippen LogP contribution in [0, 0.1) is 5.41 Å².